The first-order valence-corrected chi connectivity index (χ1v) is 17.5. The van der Waals surface area contributed by atoms with Gasteiger partial charge < -0.3 is 30.2 Å². The number of benzene rings is 2. The number of aryl methyl sites for hydroxylation is 1. The molecule has 10 heteroatoms. The molecule has 242 valence electrons. The van der Waals surface area contributed by atoms with Crippen LogP contribution < -0.4 is 10.6 Å². The molecular formula is C35H47BrN6O3. The largest absolute Gasteiger partial charge is 0.341 e. The number of anilines is 1. The number of piperidine rings is 3. The maximum absolute atomic E-state index is 14.0. The molecule has 2 N–H and O–H groups in total. The zero-order valence-electron chi connectivity index (χ0n) is 26.6. The van der Waals surface area contributed by atoms with Crippen LogP contribution in [0.1, 0.15) is 55.2 Å². The summed E-state index contributed by atoms with van der Waals surface area (Å²) in [4.78, 5) is 48.6. The van der Waals surface area contributed by atoms with Crippen LogP contribution in [-0.4, -0.2) is 96.0 Å². The maximum atomic E-state index is 14.0. The SMILES string of the molecule is Cc1cc(CC(NC(=O)N2CCC(N3Cc4ccccc4NC3=O)CC2)C(=O)N2CCC(C3CCN(C)CC3)CC2)ccc1Br. The molecule has 2 aromatic rings. The molecule has 0 bridgehead atoms. The number of urea groups is 2. The van der Waals surface area contributed by atoms with Gasteiger partial charge in [0.1, 0.15) is 6.04 Å². The summed E-state index contributed by atoms with van der Waals surface area (Å²) in [6, 6.07) is 13.2. The van der Waals surface area contributed by atoms with Gasteiger partial charge >= 0.3 is 12.1 Å². The van der Waals surface area contributed by atoms with E-state index in [4.69, 9.17) is 0 Å². The molecule has 4 aliphatic rings. The molecule has 4 aliphatic heterocycles. The fraction of sp³-hybridized carbons (Fsp3) is 0.571. The number of halogens is 1. The number of carbonyl (C=O) groups is 3. The minimum absolute atomic E-state index is 0.0179. The van der Waals surface area contributed by atoms with Crippen molar-refractivity contribution in [1.29, 1.82) is 0 Å². The van der Waals surface area contributed by atoms with Gasteiger partial charge in [0.15, 0.2) is 0 Å². The molecule has 45 heavy (non-hydrogen) atoms. The van der Waals surface area contributed by atoms with E-state index in [1.54, 1.807) is 0 Å². The first kappa shape index (κ1) is 31.9. The molecule has 4 heterocycles. The number of para-hydroxylation sites is 1. The van der Waals surface area contributed by atoms with E-state index in [1.807, 2.05) is 58.0 Å². The van der Waals surface area contributed by atoms with Gasteiger partial charge in [-0.1, -0.05) is 46.3 Å². The van der Waals surface area contributed by atoms with Gasteiger partial charge in [0.2, 0.25) is 5.91 Å². The van der Waals surface area contributed by atoms with Crippen LogP contribution in [0.15, 0.2) is 46.9 Å². The molecular weight excluding hydrogens is 632 g/mol. The van der Waals surface area contributed by atoms with E-state index >= 15 is 0 Å². The summed E-state index contributed by atoms with van der Waals surface area (Å²) >= 11 is 3.58. The van der Waals surface area contributed by atoms with Crippen molar-refractivity contribution in [1.82, 2.24) is 24.9 Å². The average molecular weight is 680 g/mol. The Labute approximate surface area is 275 Å². The third-order valence-corrected chi connectivity index (χ3v) is 11.5. The maximum Gasteiger partial charge on any atom is 0.322 e. The molecule has 9 nitrogen and oxygen atoms in total. The molecule has 6 rings (SSSR count). The van der Waals surface area contributed by atoms with Crippen molar-refractivity contribution in [3.63, 3.8) is 0 Å². The van der Waals surface area contributed by atoms with E-state index in [9.17, 15) is 14.4 Å². The second-order valence-corrected chi connectivity index (χ2v) is 14.4. The normalized spacial score (nSPS) is 21.3. The molecule has 0 saturated carbocycles. The van der Waals surface area contributed by atoms with E-state index in [2.05, 4.69) is 44.6 Å². The van der Waals surface area contributed by atoms with Crippen LogP contribution in [-0.2, 0) is 17.8 Å². The summed E-state index contributed by atoms with van der Waals surface area (Å²) in [7, 11) is 2.20. The van der Waals surface area contributed by atoms with Gasteiger partial charge in [-0.3, -0.25) is 4.79 Å². The minimum atomic E-state index is -0.625. The van der Waals surface area contributed by atoms with Gasteiger partial charge in [0, 0.05) is 55.3 Å². The van der Waals surface area contributed by atoms with Crippen LogP contribution in [0.5, 0.6) is 0 Å². The Morgan fingerprint density at radius 3 is 2.24 bits per heavy atom. The van der Waals surface area contributed by atoms with Crippen LogP contribution in [0.3, 0.4) is 0 Å². The van der Waals surface area contributed by atoms with Crippen LogP contribution >= 0.6 is 15.9 Å². The molecule has 3 saturated heterocycles. The Kier molecular flexibility index (Phi) is 9.99. The topological polar surface area (TPSA) is 88.2 Å². The highest BCUT2D eigenvalue weighted by atomic mass is 79.9. The van der Waals surface area contributed by atoms with Crippen LogP contribution in [0.25, 0.3) is 0 Å². The second-order valence-electron chi connectivity index (χ2n) is 13.5. The lowest BCUT2D eigenvalue weighted by molar-refractivity contribution is -0.135. The zero-order valence-corrected chi connectivity index (χ0v) is 28.2. The summed E-state index contributed by atoms with van der Waals surface area (Å²) in [5.41, 5.74) is 4.12. The van der Waals surface area contributed by atoms with E-state index in [1.165, 1.54) is 25.9 Å². The lowest BCUT2D eigenvalue weighted by Crippen LogP contribution is -2.57. The smallest absolute Gasteiger partial charge is 0.322 e. The van der Waals surface area contributed by atoms with Gasteiger partial charge in [-0.2, -0.15) is 0 Å². The Balaban J connectivity index is 1.07. The Morgan fingerprint density at radius 2 is 1.56 bits per heavy atom. The highest BCUT2D eigenvalue weighted by molar-refractivity contribution is 9.10. The first-order valence-electron chi connectivity index (χ1n) is 16.7. The van der Waals surface area contributed by atoms with Crippen molar-refractivity contribution in [2.45, 2.75) is 70.5 Å². The fourth-order valence-corrected chi connectivity index (χ4v) is 7.97. The molecule has 0 aromatic heterocycles. The summed E-state index contributed by atoms with van der Waals surface area (Å²) in [5, 5.41) is 6.16. The van der Waals surface area contributed by atoms with Crippen molar-refractivity contribution < 1.29 is 14.4 Å². The Hall–Kier alpha value is -3.11. The van der Waals surface area contributed by atoms with Crippen molar-refractivity contribution in [2.75, 3.05) is 51.6 Å². The molecule has 5 amide bonds. The van der Waals surface area contributed by atoms with E-state index in [0.717, 1.165) is 58.7 Å². The highest BCUT2D eigenvalue weighted by Crippen LogP contribution is 2.33. The van der Waals surface area contributed by atoms with Crippen molar-refractivity contribution >= 4 is 39.6 Å². The lowest BCUT2D eigenvalue weighted by Gasteiger charge is -2.41. The van der Waals surface area contributed by atoms with Crippen LogP contribution in [0.2, 0.25) is 0 Å². The lowest BCUT2D eigenvalue weighted by atomic mass is 9.79. The third-order valence-electron chi connectivity index (χ3n) is 10.6. The summed E-state index contributed by atoms with van der Waals surface area (Å²) in [6.07, 6.45) is 6.46. The minimum Gasteiger partial charge on any atom is -0.341 e. The number of rotatable bonds is 6. The van der Waals surface area contributed by atoms with Gasteiger partial charge in [-0.25, -0.2) is 9.59 Å². The standard InChI is InChI=1S/C35H47BrN6O3/c1-24-21-25(7-8-30(24)36)22-32(33(43)40-17-11-27(12-18-40)26-9-15-39(2)16-10-26)38-34(44)41-19-13-29(14-20-41)42-23-28-5-3-4-6-31(28)37-35(42)45/h3-8,21,26-27,29,32H,9-20,22-23H2,1-2H3,(H,37,45)(H,38,44). The van der Waals surface area contributed by atoms with Crippen LogP contribution in [0.4, 0.5) is 15.3 Å². The molecule has 2 aromatic carbocycles. The Morgan fingerprint density at radius 1 is 0.911 bits per heavy atom. The average Bonchev–Trinajstić information content (AvgIpc) is 3.06. The number of hydrogen-bond acceptors (Lipinski definition) is 4. The summed E-state index contributed by atoms with van der Waals surface area (Å²) < 4.78 is 1.03. The second kappa shape index (κ2) is 14.1. The molecule has 1 unspecified atom stereocenters. The van der Waals surface area contributed by atoms with Crippen molar-refractivity contribution in [3.05, 3.63) is 63.6 Å². The van der Waals surface area contributed by atoms with Gasteiger partial charge in [-0.05, 0) is 106 Å². The Bertz CT molecular complexity index is 1380. The van der Waals surface area contributed by atoms with Gasteiger partial charge in [0.05, 0.1) is 0 Å². The predicted molar refractivity (Wildman–Crippen MR) is 180 cm³/mol. The van der Waals surface area contributed by atoms with E-state index < -0.39 is 6.04 Å². The third kappa shape index (κ3) is 7.49. The monoisotopic (exact) mass is 678 g/mol. The summed E-state index contributed by atoms with van der Waals surface area (Å²) in [5.74, 6) is 1.46. The van der Waals surface area contributed by atoms with Crippen molar-refractivity contribution in [3.8, 4) is 0 Å². The van der Waals surface area contributed by atoms with Crippen LogP contribution in [0, 0.1) is 18.8 Å². The fourth-order valence-electron chi connectivity index (χ4n) is 7.72. The molecule has 3 fully saturated rings. The molecule has 0 aliphatic carbocycles. The summed E-state index contributed by atoms with van der Waals surface area (Å²) in [6.45, 7) is 7.56. The predicted octanol–water partition coefficient (Wildman–Crippen LogP) is 5.47. The van der Waals surface area contributed by atoms with E-state index in [-0.39, 0.29) is 24.0 Å². The van der Waals surface area contributed by atoms with Crippen molar-refractivity contribution in [2.24, 2.45) is 11.8 Å². The number of nitrogens with one attached hydrogen (secondary N) is 2. The number of amides is 5. The number of likely N-dealkylation sites (tertiary alicyclic amines) is 3. The quantitative estimate of drug-likeness (QED) is 0.424. The zero-order chi connectivity index (χ0) is 31.5. The number of fused-ring (bicyclic) bond motifs is 1. The number of carbonyl (C=O) groups excluding carboxylic acids is 3. The number of nitrogens with zero attached hydrogens (tertiary/aromatic N) is 4. The van der Waals surface area contributed by atoms with Gasteiger partial charge in [-0.15, -0.1) is 0 Å². The van der Waals surface area contributed by atoms with E-state index in [0.29, 0.717) is 44.8 Å². The molecule has 1 atom stereocenters. The number of hydrogen-bond donors (Lipinski definition) is 2. The molecule has 0 radical (unpaired) electrons. The van der Waals surface area contributed by atoms with Gasteiger partial charge in [0.25, 0.3) is 0 Å². The first-order chi connectivity index (χ1) is 21.7. The molecule has 0 spiro atoms. The highest BCUT2D eigenvalue weighted by Gasteiger charge is 2.36.